The Morgan fingerprint density at radius 2 is 1.89 bits per heavy atom. The maximum Gasteiger partial charge on any atom is 0.356 e. The lowest BCUT2D eigenvalue weighted by Gasteiger charge is -2.04. The third-order valence-corrected chi connectivity index (χ3v) is 3.98. The van der Waals surface area contributed by atoms with Crippen LogP contribution in [0.4, 0.5) is 0 Å². The van der Waals surface area contributed by atoms with Crippen molar-refractivity contribution >= 4 is 28.1 Å². The number of fused-ring (bicyclic) bond motifs is 1. The molecule has 4 heteroatoms. The molecular formula is C15H11NO2S. The second-order valence-electron chi connectivity index (χ2n) is 4.24. The van der Waals surface area contributed by atoms with Crippen LogP contribution in [-0.2, 0) is 0 Å². The zero-order valence-electron chi connectivity index (χ0n) is 10.3. The SMILES string of the molecule is Cc1nc(C(=O)O)c(-c2cccc3ccccc23)s1. The van der Waals surface area contributed by atoms with Gasteiger partial charge in [0.15, 0.2) is 5.69 Å². The third-order valence-electron chi connectivity index (χ3n) is 2.97. The molecule has 3 rings (SSSR count). The lowest BCUT2D eigenvalue weighted by Crippen LogP contribution is -1.98. The summed E-state index contributed by atoms with van der Waals surface area (Å²) in [5, 5.41) is 12.2. The summed E-state index contributed by atoms with van der Waals surface area (Å²) in [5.41, 5.74) is 1.07. The molecule has 0 saturated heterocycles. The molecule has 1 N–H and O–H groups in total. The number of thiazole rings is 1. The summed E-state index contributed by atoms with van der Waals surface area (Å²) in [6.45, 7) is 1.83. The molecule has 2 aromatic carbocycles. The van der Waals surface area contributed by atoms with Gasteiger partial charge >= 0.3 is 5.97 Å². The molecule has 0 fully saturated rings. The average molecular weight is 269 g/mol. The second-order valence-corrected chi connectivity index (χ2v) is 5.45. The fourth-order valence-corrected chi connectivity index (χ4v) is 3.13. The Labute approximate surface area is 114 Å². The molecular weight excluding hydrogens is 258 g/mol. The fourth-order valence-electron chi connectivity index (χ4n) is 2.18. The second kappa shape index (κ2) is 4.48. The van der Waals surface area contributed by atoms with E-state index >= 15 is 0 Å². The number of aromatic carboxylic acids is 1. The Bertz CT molecular complexity index is 771. The molecule has 0 amide bonds. The van der Waals surface area contributed by atoms with E-state index in [0.29, 0.717) is 0 Å². The summed E-state index contributed by atoms with van der Waals surface area (Å²) in [5.74, 6) is -0.979. The highest BCUT2D eigenvalue weighted by Crippen LogP contribution is 2.35. The first-order chi connectivity index (χ1) is 9.16. The van der Waals surface area contributed by atoms with Crippen LogP contribution in [0.1, 0.15) is 15.5 Å². The van der Waals surface area contributed by atoms with Gasteiger partial charge in [-0.3, -0.25) is 0 Å². The first-order valence-corrected chi connectivity index (χ1v) is 6.67. The molecule has 0 bridgehead atoms. The normalized spacial score (nSPS) is 10.8. The number of aromatic nitrogens is 1. The average Bonchev–Trinajstić information content (AvgIpc) is 2.80. The van der Waals surface area contributed by atoms with E-state index in [1.807, 2.05) is 49.4 Å². The van der Waals surface area contributed by atoms with E-state index in [1.54, 1.807) is 0 Å². The van der Waals surface area contributed by atoms with Crippen LogP contribution >= 0.6 is 11.3 Å². The molecule has 0 spiro atoms. The number of hydrogen-bond acceptors (Lipinski definition) is 3. The van der Waals surface area contributed by atoms with Gasteiger partial charge in [-0.25, -0.2) is 9.78 Å². The van der Waals surface area contributed by atoms with Crippen LogP contribution in [0.25, 0.3) is 21.2 Å². The molecule has 1 heterocycles. The molecule has 0 aliphatic heterocycles. The number of nitrogens with zero attached hydrogens (tertiary/aromatic N) is 1. The standard InChI is InChI=1S/C15H11NO2S/c1-9-16-13(15(17)18)14(19-9)12-8-4-6-10-5-2-3-7-11(10)12/h2-8H,1H3,(H,17,18). The van der Waals surface area contributed by atoms with Crippen molar-refractivity contribution in [3.8, 4) is 10.4 Å². The number of aryl methyl sites for hydroxylation is 1. The van der Waals surface area contributed by atoms with Crippen molar-refractivity contribution in [3.63, 3.8) is 0 Å². The van der Waals surface area contributed by atoms with Gasteiger partial charge in [-0.15, -0.1) is 11.3 Å². The van der Waals surface area contributed by atoms with Crippen LogP contribution in [0, 0.1) is 6.92 Å². The molecule has 0 unspecified atom stereocenters. The van der Waals surface area contributed by atoms with E-state index in [4.69, 9.17) is 0 Å². The number of rotatable bonds is 2. The van der Waals surface area contributed by atoms with Gasteiger partial charge in [0, 0.05) is 5.56 Å². The van der Waals surface area contributed by atoms with Gasteiger partial charge < -0.3 is 5.11 Å². The summed E-state index contributed by atoms with van der Waals surface area (Å²) in [6, 6.07) is 13.9. The van der Waals surface area contributed by atoms with Gasteiger partial charge in [-0.05, 0) is 17.7 Å². The minimum atomic E-state index is -0.979. The van der Waals surface area contributed by atoms with Crippen molar-refractivity contribution in [1.29, 1.82) is 0 Å². The maximum absolute atomic E-state index is 11.3. The first kappa shape index (κ1) is 11.9. The lowest BCUT2D eigenvalue weighted by atomic mass is 10.0. The van der Waals surface area contributed by atoms with E-state index in [0.717, 1.165) is 26.2 Å². The summed E-state index contributed by atoms with van der Waals surface area (Å²) in [7, 11) is 0. The van der Waals surface area contributed by atoms with Gasteiger partial charge in [0.05, 0.1) is 9.88 Å². The van der Waals surface area contributed by atoms with Crippen LogP contribution in [0.15, 0.2) is 42.5 Å². The van der Waals surface area contributed by atoms with E-state index < -0.39 is 5.97 Å². The smallest absolute Gasteiger partial charge is 0.356 e. The minimum Gasteiger partial charge on any atom is -0.476 e. The van der Waals surface area contributed by atoms with E-state index in [1.165, 1.54) is 11.3 Å². The highest BCUT2D eigenvalue weighted by molar-refractivity contribution is 7.15. The predicted molar refractivity (Wildman–Crippen MR) is 76.8 cm³/mol. The lowest BCUT2D eigenvalue weighted by molar-refractivity contribution is 0.0692. The molecule has 3 nitrogen and oxygen atoms in total. The van der Waals surface area contributed by atoms with E-state index in [2.05, 4.69) is 4.98 Å². The van der Waals surface area contributed by atoms with Crippen molar-refractivity contribution in [2.75, 3.05) is 0 Å². The number of carboxylic acids is 1. The molecule has 1 aromatic heterocycles. The number of carbonyl (C=O) groups is 1. The Morgan fingerprint density at radius 3 is 2.68 bits per heavy atom. The van der Waals surface area contributed by atoms with Crippen molar-refractivity contribution in [3.05, 3.63) is 53.2 Å². The minimum absolute atomic E-state index is 0.138. The maximum atomic E-state index is 11.3. The van der Waals surface area contributed by atoms with Gasteiger partial charge in [0.1, 0.15) is 0 Å². The highest BCUT2D eigenvalue weighted by atomic mass is 32.1. The molecule has 0 atom stereocenters. The van der Waals surface area contributed by atoms with Gasteiger partial charge in [-0.2, -0.15) is 0 Å². The highest BCUT2D eigenvalue weighted by Gasteiger charge is 2.18. The van der Waals surface area contributed by atoms with Crippen molar-refractivity contribution in [1.82, 2.24) is 4.98 Å². The van der Waals surface area contributed by atoms with E-state index in [-0.39, 0.29) is 5.69 Å². The molecule has 0 saturated carbocycles. The Morgan fingerprint density at radius 1 is 1.16 bits per heavy atom. The van der Waals surface area contributed by atoms with Crippen LogP contribution in [0.2, 0.25) is 0 Å². The molecule has 94 valence electrons. The van der Waals surface area contributed by atoms with Crippen LogP contribution in [0.5, 0.6) is 0 Å². The predicted octanol–water partition coefficient (Wildman–Crippen LogP) is 3.97. The van der Waals surface area contributed by atoms with Crippen LogP contribution in [0.3, 0.4) is 0 Å². The molecule has 0 radical (unpaired) electrons. The third kappa shape index (κ3) is 2.00. The Kier molecular flexibility index (Phi) is 2.80. The molecule has 3 aromatic rings. The molecule has 19 heavy (non-hydrogen) atoms. The Balaban J connectivity index is 2.33. The van der Waals surface area contributed by atoms with Crippen LogP contribution < -0.4 is 0 Å². The summed E-state index contributed by atoms with van der Waals surface area (Å²) >= 11 is 1.42. The van der Waals surface area contributed by atoms with Crippen molar-refractivity contribution < 1.29 is 9.90 Å². The summed E-state index contributed by atoms with van der Waals surface area (Å²) in [6.07, 6.45) is 0. The molecule has 0 aliphatic carbocycles. The monoisotopic (exact) mass is 269 g/mol. The van der Waals surface area contributed by atoms with Gasteiger partial charge in [0.25, 0.3) is 0 Å². The largest absolute Gasteiger partial charge is 0.476 e. The first-order valence-electron chi connectivity index (χ1n) is 5.85. The van der Waals surface area contributed by atoms with E-state index in [9.17, 15) is 9.90 Å². The summed E-state index contributed by atoms with van der Waals surface area (Å²) in [4.78, 5) is 16.1. The number of hydrogen-bond donors (Lipinski definition) is 1. The fraction of sp³-hybridized carbons (Fsp3) is 0.0667. The Hall–Kier alpha value is -2.20. The number of benzene rings is 2. The zero-order valence-corrected chi connectivity index (χ0v) is 11.1. The zero-order chi connectivity index (χ0) is 13.4. The summed E-state index contributed by atoms with van der Waals surface area (Å²) < 4.78 is 0. The molecule has 0 aliphatic rings. The number of carboxylic acid groups (broad SMARTS) is 1. The quantitative estimate of drug-likeness (QED) is 0.765. The van der Waals surface area contributed by atoms with Crippen LogP contribution in [-0.4, -0.2) is 16.1 Å². The topological polar surface area (TPSA) is 50.2 Å². The van der Waals surface area contributed by atoms with Gasteiger partial charge in [-0.1, -0.05) is 42.5 Å². The van der Waals surface area contributed by atoms with Gasteiger partial charge in [0.2, 0.25) is 0 Å². The van der Waals surface area contributed by atoms with Crippen molar-refractivity contribution in [2.24, 2.45) is 0 Å². The van der Waals surface area contributed by atoms with Crippen molar-refractivity contribution in [2.45, 2.75) is 6.92 Å².